The van der Waals surface area contributed by atoms with Gasteiger partial charge in [0.2, 0.25) is 0 Å². The first-order valence-electron chi connectivity index (χ1n) is 7.88. The normalized spacial score (nSPS) is 11.6. The Balaban J connectivity index is 2.40. The molecule has 4 rings (SSSR count). The molecule has 0 radical (unpaired) electrons. The molecule has 0 bridgehead atoms. The molecule has 0 aliphatic rings. The van der Waals surface area contributed by atoms with Crippen molar-refractivity contribution in [1.82, 2.24) is 0 Å². The molecule has 0 heterocycles. The molecular formula is C21H18O3. The number of rotatable bonds is 0. The third-order valence-corrected chi connectivity index (χ3v) is 4.88. The maximum absolute atomic E-state index is 10.2. The van der Waals surface area contributed by atoms with Gasteiger partial charge in [-0.25, -0.2) is 0 Å². The summed E-state index contributed by atoms with van der Waals surface area (Å²) in [7, 11) is 0. The van der Waals surface area contributed by atoms with Gasteiger partial charge in [-0.2, -0.15) is 0 Å². The Morgan fingerprint density at radius 3 is 0.875 bits per heavy atom. The first-order valence-corrected chi connectivity index (χ1v) is 7.88. The molecule has 0 atom stereocenters. The van der Waals surface area contributed by atoms with Gasteiger partial charge in [-0.15, -0.1) is 0 Å². The van der Waals surface area contributed by atoms with Crippen LogP contribution in [0.2, 0.25) is 0 Å². The van der Waals surface area contributed by atoms with Gasteiger partial charge in [0, 0.05) is 0 Å². The van der Waals surface area contributed by atoms with Crippen LogP contribution in [0, 0.1) is 20.8 Å². The summed E-state index contributed by atoms with van der Waals surface area (Å²) < 4.78 is 0. The van der Waals surface area contributed by atoms with Crippen molar-refractivity contribution in [3.05, 3.63) is 53.1 Å². The van der Waals surface area contributed by atoms with Crippen molar-refractivity contribution in [2.75, 3.05) is 0 Å². The molecule has 3 heteroatoms. The van der Waals surface area contributed by atoms with Crippen LogP contribution < -0.4 is 0 Å². The molecule has 120 valence electrons. The minimum atomic E-state index is 0.241. The third kappa shape index (κ3) is 1.91. The SMILES string of the molecule is Cc1cc2c(cc1O)c1cc(C)c(O)cc1c1cc(C)c(O)cc21. The summed E-state index contributed by atoms with van der Waals surface area (Å²) in [5, 5.41) is 36.2. The number of fused-ring (bicyclic) bond motifs is 6. The van der Waals surface area contributed by atoms with Crippen LogP contribution in [0.3, 0.4) is 0 Å². The first kappa shape index (κ1) is 14.6. The number of aryl methyl sites for hydroxylation is 3. The van der Waals surface area contributed by atoms with Crippen LogP contribution in [-0.2, 0) is 0 Å². The molecule has 0 unspecified atom stereocenters. The van der Waals surface area contributed by atoms with Crippen molar-refractivity contribution in [2.24, 2.45) is 0 Å². The molecule has 0 amide bonds. The molecule has 0 aliphatic heterocycles. The predicted molar refractivity (Wildman–Crippen MR) is 98.2 cm³/mol. The average Bonchev–Trinajstić information content (AvgIpc) is 2.53. The van der Waals surface area contributed by atoms with Crippen LogP contribution in [-0.4, -0.2) is 15.3 Å². The third-order valence-electron chi connectivity index (χ3n) is 4.88. The molecule has 0 fully saturated rings. The minimum Gasteiger partial charge on any atom is -0.508 e. The number of phenols is 3. The smallest absolute Gasteiger partial charge is 0.119 e. The molecule has 0 saturated heterocycles. The molecule has 0 spiro atoms. The van der Waals surface area contributed by atoms with E-state index >= 15 is 0 Å². The lowest BCUT2D eigenvalue weighted by Crippen LogP contribution is -1.88. The Kier molecular flexibility index (Phi) is 2.91. The van der Waals surface area contributed by atoms with Crippen LogP contribution >= 0.6 is 0 Å². The van der Waals surface area contributed by atoms with Gasteiger partial charge in [0.1, 0.15) is 17.2 Å². The van der Waals surface area contributed by atoms with Crippen molar-refractivity contribution < 1.29 is 15.3 Å². The number of hydrogen-bond acceptors (Lipinski definition) is 3. The van der Waals surface area contributed by atoms with E-state index in [1.165, 1.54) is 0 Å². The van der Waals surface area contributed by atoms with E-state index < -0.39 is 0 Å². The summed E-state index contributed by atoms with van der Waals surface area (Å²) >= 11 is 0. The lowest BCUT2D eigenvalue weighted by atomic mass is 9.91. The summed E-state index contributed by atoms with van der Waals surface area (Å²) in [6.45, 7) is 5.59. The average molecular weight is 318 g/mol. The van der Waals surface area contributed by atoms with Gasteiger partial charge >= 0.3 is 0 Å². The highest BCUT2D eigenvalue weighted by Crippen LogP contribution is 2.41. The number of hydrogen-bond donors (Lipinski definition) is 3. The second-order valence-corrected chi connectivity index (χ2v) is 6.55. The largest absolute Gasteiger partial charge is 0.508 e. The molecule has 4 aromatic rings. The summed E-state index contributed by atoms with van der Waals surface area (Å²) in [5.74, 6) is 0.723. The lowest BCUT2D eigenvalue weighted by Gasteiger charge is -2.14. The summed E-state index contributed by atoms with van der Waals surface area (Å²) in [4.78, 5) is 0. The van der Waals surface area contributed by atoms with E-state index in [0.717, 1.165) is 49.0 Å². The standard InChI is InChI=1S/C21H18O3/c1-10-4-13-16(7-19(10)22)14-5-11(2)21(24)9-18(14)15-6-12(3)20(23)8-17(13)15/h4-9,22-24H,1-3H3. The molecule has 24 heavy (non-hydrogen) atoms. The van der Waals surface area contributed by atoms with Crippen LogP contribution in [0.1, 0.15) is 16.7 Å². The second kappa shape index (κ2) is 4.78. The van der Waals surface area contributed by atoms with E-state index in [9.17, 15) is 15.3 Å². The van der Waals surface area contributed by atoms with Gasteiger partial charge in [-0.05, 0) is 106 Å². The number of aromatic hydroxyl groups is 3. The molecule has 0 saturated carbocycles. The van der Waals surface area contributed by atoms with Gasteiger partial charge in [0.25, 0.3) is 0 Å². The van der Waals surface area contributed by atoms with Gasteiger partial charge in [0.15, 0.2) is 0 Å². The Bertz CT molecular complexity index is 890. The topological polar surface area (TPSA) is 60.7 Å². The Hall–Kier alpha value is -2.94. The van der Waals surface area contributed by atoms with Crippen molar-refractivity contribution in [2.45, 2.75) is 20.8 Å². The molecule has 4 aromatic carbocycles. The van der Waals surface area contributed by atoms with Crippen LogP contribution in [0.25, 0.3) is 32.3 Å². The van der Waals surface area contributed by atoms with Gasteiger partial charge in [-0.1, -0.05) is 0 Å². The van der Waals surface area contributed by atoms with Crippen LogP contribution in [0.4, 0.5) is 0 Å². The van der Waals surface area contributed by atoms with E-state index in [-0.39, 0.29) is 17.2 Å². The number of benzene rings is 4. The maximum atomic E-state index is 10.2. The van der Waals surface area contributed by atoms with Crippen molar-refractivity contribution in [3.63, 3.8) is 0 Å². The molecule has 0 aliphatic carbocycles. The van der Waals surface area contributed by atoms with E-state index in [1.807, 2.05) is 39.0 Å². The Morgan fingerprint density at radius 2 is 0.625 bits per heavy atom. The van der Waals surface area contributed by atoms with Crippen molar-refractivity contribution in [3.8, 4) is 17.2 Å². The van der Waals surface area contributed by atoms with Crippen LogP contribution in [0.5, 0.6) is 17.2 Å². The Morgan fingerprint density at radius 1 is 0.417 bits per heavy atom. The zero-order chi connectivity index (χ0) is 17.2. The van der Waals surface area contributed by atoms with Crippen molar-refractivity contribution in [1.29, 1.82) is 0 Å². The Labute approximate surface area is 139 Å². The lowest BCUT2D eigenvalue weighted by molar-refractivity contribution is 0.472. The fourth-order valence-electron chi connectivity index (χ4n) is 3.43. The minimum absolute atomic E-state index is 0.241. The molecule has 3 nitrogen and oxygen atoms in total. The van der Waals surface area contributed by atoms with Crippen molar-refractivity contribution >= 4 is 32.3 Å². The first-order chi connectivity index (χ1) is 11.4. The van der Waals surface area contributed by atoms with E-state index in [4.69, 9.17) is 0 Å². The highest BCUT2D eigenvalue weighted by atomic mass is 16.3. The zero-order valence-electron chi connectivity index (χ0n) is 13.8. The maximum Gasteiger partial charge on any atom is 0.119 e. The van der Waals surface area contributed by atoms with Crippen LogP contribution in [0.15, 0.2) is 36.4 Å². The summed E-state index contributed by atoms with van der Waals surface area (Å²) in [5.41, 5.74) is 2.37. The zero-order valence-corrected chi connectivity index (χ0v) is 13.8. The monoisotopic (exact) mass is 318 g/mol. The molecule has 0 aromatic heterocycles. The van der Waals surface area contributed by atoms with Gasteiger partial charge in [0.05, 0.1) is 0 Å². The quantitative estimate of drug-likeness (QED) is 0.391. The molecular weight excluding hydrogens is 300 g/mol. The fraction of sp³-hybridized carbons (Fsp3) is 0.143. The van der Waals surface area contributed by atoms with Gasteiger partial charge in [-0.3, -0.25) is 0 Å². The fourth-order valence-corrected chi connectivity index (χ4v) is 3.43. The second-order valence-electron chi connectivity index (χ2n) is 6.55. The number of phenolic OH excluding ortho intramolecular Hbond substituents is 3. The van der Waals surface area contributed by atoms with Gasteiger partial charge < -0.3 is 15.3 Å². The summed E-state index contributed by atoms with van der Waals surface area (Å²) in [6, 6.07) is 11.1. The predicted octanol–water partition coefficient (Wildman–Crippen LogP) is 5.19. The van der Waals surface area contributed by atoms with E-state index in [0.29, 0.717) is 0 Å². The van der Waals surface area contributed by atoms with E-state index in [1.54, 1.807) is 18.2 Å². The highest BCUT2D eigenvalue weighted by Gasteiger charge is 2.14. The highest BCUT2D eigenvalue weighted by molar-refractivity contribution is 6.26. The van der Waals surface area contributed by atoms with E-state index in [2.05, 4.69) is 0 Å². The summed E-state index contributed by atoms with van der Waals surface area (Å²) in [6.07, 6.45) is 0. The molecule has 3 N–H and O–H groups in total.